The molecule has 2 aliphatic rings. The van der Waals surface area contributed by atoms with Crippen LogP contribution in [0.3, 0.4) is 0 Å². The molecule has 0 atom stereocenters. The van der Waals surface area contributed by atoms with Crippen LogP contribution in [-0.4, -0.2) is 15.0 Å². The number of para-hydroxylation sites is 2. The van der Waals surface area contributed by atoms with Crippen molar-refractivity contribution in [2.24, 2.45) is 0 Å². The molecule has 0 radical (unpaired) electrons. The van der Waals surface area contributed by atoms with E-state index in [1.54, 1.807) is 0 Å². The lowest BCUT2D eigenvalue weighted by molar-refractivity contribution is 0.425. The lowest BCUT2D eigenvalue weighted by atomic mass is 9.53. The first-order chi connectivity index (χ1) is 26.0. The van der Waals surface area contributed by atoms with E-state index in [1.165, 1.54) is 22.3 Å². The zero-order valence-electron chi connectivity index (χ0n) is 29.5. The summed E-state index contributed by atoms with van der Waals surface area (Å²) in [5, 5.41) is 0. The van der Waals surface area contributed by atoms with Crippen molar-refractivity contribution < 1.29 is 4.74 Å². The van der Waals surface area contributed by atoms with Crippen molar-refractivity contribution in [2.75, 3.05) is 0 Å². The van der Waals surface area contributed by atoms with Gasteiger partial charge in [0.1, 0.15) is 11.5 Å². The molecule has 1 aliphatic carbocycles. The van der Waals surface area contributed by atoms with E-state index >= 15 is 0 Å². The Labute approximate surface area is 309 Å². The highest BCUT2D eigenvalue weighted by Crippen LogP contribution is 2.61. The fourth-order valence-corrected chi connectivity index (χ4v) is 8.68. The lowest BCUT2D eigenvalue weighted by Gasteiger charge is -2.50. The molecule has 4 nitrogen and oxygen atoms in total. The molecule has 53 heavy (non-hydrogen) atoms. The third-order valence-electron chi connectivity index (χ3n) is 11.1. The molecule has 252 valence electrons. The summed E-state index contributed by atoms with van der Waals surface area (Å²) >= 11 is 0. The Morgan fingerprint density at radius 2 is 1.00 bits per heavy atom. The minimum Gasteiger partial charge on any atom is -0.457 e. The van der Waals surface area contributed by atoms with Crippen LogP contribution in [0.5, 0.6) is 11.5 Å². The molecule has 1 spiro atoms. The zero-order valence-corrected chi connectivity index (χ0v) is 29.5. The maximum Gasteiger partial charge on any atom is 0.160 e. The summed E-state index contributed by atoms with van der Waals surface area (Å²) in [5.41, 5.74) is 13.3. The molecule has 4 heteroatoms. The van der Waals surface area contributed by atoms with Gasteiger partial charge in [0.25, 0.3) is 0 Å². The average Bonchev–Trinajstić information content (AvgIpc) is 3.23. The third kappa shape index (κ3) is 4.72. The van der Waals surface area contributed by atoms with Crippen molar-refractivity contribution in [2.45, 2.75) is 24.7 Å². The van der Waals surface area contributed by atoms with Crippen molar-refractivity contribution >= 4 is 0 Å². The van der Waals surface area contributed by atoms with Crippen molar-refractivity contribution in [1.82, 2.24) is 15.0 Å². The van der Waals surface area contributed by atoms with Crippen LogP contribution in [0.1, 0.15) is 47.2 Å². The second-order valence-electron chi connectivity index (χ2n) is 14.4. The Bertz CT molecular complexity index is 2580. The van der Waals surface area contributed by atoms with E-state index in [-0.39, 0.29) is 5.41 Å². The van der Waals surface area contributed by atoms with Crippen LogP contribution < -0.4 is 4.74 Å². The van der Waals surface area contributed by atoms with Crippen molar-refractivity contribution in [3.63, 3.8) is 0 Å². The Hall–Kier alpha value is -6.65. The second-order valence-corrected chi connectivity index (χ2v) is 14.4. The first kappa shape index (κ1) is 31.1. The lowest BCUT2D eigenvalue weighted by Crippen LogP contribution is -2.43. The molecule has 1 aliphatic heterocycles. The number of hydrogen-bond acceptors (Lipinski definition) is 4. The molecule has 6 aromatic carbocycles. The van der Waals surface area contributed by atoms with Crippen LogP contribution in [0.4, 0.5) is 0 Å². The van der Waals surface area contributed by atoms with E-state index in [0.29, 0.717) is 5.82 Å². The summed E-state index contributed by atoms with van der Waals surface area (Å²) in [4.78, 5) is 14.9. The Balaban J connectivity index is 1.22. The maximum atomic E-state index is 6.61. The minimum atomic E-state index is -0.556. The number of nitrogens with zero attached hydrogens (tertiary/aromatic N) is 3. The topological polar surface area (TPSA) is 47.9 Å². The summed E-state index contributed by atoms with van der Waals surface area (Å²) in [5.74, 6) is 2.45. The molecule has 0 N–H and O–H groups in total. The van der Waals surface area contributed by atoms with Gasteiger partial charge in [-0.3, -0.25) is 4.98 Å². The Kier molecular flexibility index (Phi) is 7.02. The number of ether oxygens (including phenoxy) is 1. The van der Waals surface area contributed by atoms with Crippen molar-refractivity contribution in [3.8, 4) is 56.7 Å². The van der Waals surface area contributed by atoms with Gasteiger partial charge in [-0.1, -0.05) is 147 Å². The summed E-state index contributed by atoms with van der Waals surface area (Å²) in [6.45, 7) is 4.72. The predicted molar refractivity (Wildman–Crippen MR) is 212 cm³/mol. The second kappa shape index (κ2) is 12.0. The number of fused-ring (bicyclic) bond motifs is 8. The molecule has 8 aromatic rings. The number of hydrogen-bond donors (Lipinski definition) is 0. The van der Waals surface area contributed by atoms with Gasteiger partial charge in [-0.15, -0.1) is 0 Å². The van der Waals surface area contributed by atoms with E-state index in [9.17, 15) is 0 Å². The third-order valence-corrected chi connectivity index (χ3v) is 11.1. The number of pyridine rings is 1. The van der Waals surface area contributed by atoms with Crippen LogP contribution in [0, 0.1) is 0 Å². The van der Waals surface area contributed by atoms with Crippen LogP contribution >= 0.6 is 0 Å². The summed E-state index contributed by atoms with van der Waals surface area (Å²) < 4.78 is 6.61. The molecule has 0 saturated carbocycles. The summed E-state index contributed by atoms with van der Waals surface area (Å²) in [6.07, 6.45) is 1.81. The van der Waals surface area contributed by atoms with Gasteiger partial charge in [0, 0.05) is 33.9 Å². The number of rotatable bonds is 4. The van der Waals surface area contributed by atoms with Gasteiger partial charge in [0.15, 0.2) is 5.82 Å². The molecule has 3 heterocycles. The minimum absolute atomic E-state index is 0.286. The highest BCUT2D eigenvalue weighted by Gasteiger charge is 2.52. The smallest absolute Gasteiger partial charge is 0.160 e. The van der Waals surface area contributed by atoms with Crippen molar-refractivity contribution in [3.05, 3.63) is 209 Å². The molecule has 0 fully saturated rings. The number of aromatic nitrogens is 3. The molecular formula is C49H35N3O. The quantitative estimate of drug-likeness (QED) is 0.185. The predicted octanol–water partition coefficient (Wildman–Crippen LogP) is 11.7. The largest absolute Gasteiger partial charge is 0.457 e. The van der Waals surface area contributed by atoms with Crippen LogP contribution in [0.15, 0.2) is 176 Å². The molecule has 10 rings (SSSR count). The molecular weight excluding hydrogens is 647 g/mol. The van der Waals surface area contributed by atoms with Gasteiger partial charge in [0.05, 0.1) is 22.5 Å². The van der Waals surface area contributed by atoms with E-state index < -0.39 is 5.41 Å². The first-order valence-electron chi connectivity index (χ1n) is 18.1. The van der Waals surface area contributed by atoms with E-state index in [2.05, 4.69) is 152 Å². The molecule has 0 bridgehead atoms. The van der Waals surface area contributed by atoms with Gasteiger partial charge in [0.2, 0.25) is 0 Å². The normalized spacial score (nSPS) is 14.3. The zero-order chi connectivity index (χ0) is 35.6. The summed E-state index contributed by atoms with van der Waals surface area (Å²) in [7, 11) is 0. The SMILES string of the molecule is CC1(C)c2ccccc2C2(c3ccccc3Oc3ccccc32)c2ccc(-c3ccccc3-c3cc(-c4ccccn4)nc(-c4ccccc4)n3)cc21. The van der Waals surface area contributed by atoms with Gasteiger partial charge >= 0.3 is 0 Å². The fourth-order valence-electron chi connectivity index (χ4n) is 8.68. The first-order valence-corrected chi connectivity index (χ1v) is 18.1. The standard InChI is InChI=1S/C49H35N3O/c1-48(2)36-20-8-9-21-37(36)49(39-22-10-12-25-45(39)53-46-26-13-11-23-40(46)49)38-28-27-33(30-41(38)48)34-18-6-7-19-35(34)43-31-44(42-24-14-15-29-50-42)52-47(51-43)32-16-4-3-5-17-32/h3-31H,1-2H3. The Morgan fingerprint density at radius 3 is 1.72 bits per heavy atom. The number of benzene rings is 6. The highest BCUT2D eigenvalue weighted by molar-refractivity contribution is 5.86. The maximum absolute atomic E-state index is 6.61. The molecule has 0 unspecified atom stereocenters. The van der Waals surface area contributed by atoms with Gasteiger partial charge in [-0.05, 0) is 69.8 Å². The van der Waals surface area contributed by atoms with Crippen LogP contribution in [0.2, 0.25) is 0 Å². The average molecular weight is 682 g/mol. The van der Waals surface area contributed by atoms with E-state index in [0.717, 1.165) is 62.0 Å². The van der Waals surface area contributed by atoms with E-state index in [4.69, 9.17) is 14.7 Å². The fraction of sp³-hybridized carbons (Fsp3) is 0.0816. The highest BCUT2D eigenvalue weighted by atomic mass is 16.5. The van der Waals surface area contributed by atoms with E-state index in [1.807, 2.05) is 42.6 Å². The monoisotopic (exact) mass is 681 g/mol. The summed E-state index contributed by atoms with van der Waals surface area (Å²) in [6, 6.07) is 59.9. The molecule has 0 amide bonds. The van der Waals surface area contributed by atoms with Crippen LogP contribution in [0.25, 0.3) is 45.2 Å². The van der Waals surface area contributed by atoms with Gasteiger partial charge in [-0.2, -0.15) is 0 Å². The molecule has 0 saturated heterocycles. The van der Waals surface area contributed by atoms with Crippen molar-refractivity contribution in [1.29, 1.82) is 0 Å². The van der Waals surface area contributed by atoms with Gasteiger partial charge < -0.3 is 4.74 Å². The molecule has 2 aromatic heterocycles. The van der Waals surface area contributed by atoms with Crippen LogP contribution in [-0.2, 0) is 10.8 Å². The Morgan fingerprint density at radius 1 is 0.415 bits per heavy atom. The van der Waals surface area contributed by atoms with Gasteiger partial charge in [-0.25, -0.2) is 9.97 Å².